The zero-order valence-corrected chi connectivity index (χ0v) is 11.2. The zero-order chi connectivity index (χ0) is 15.4. The summed E-state index contributed by atoms with van der Waals surface area (Å²) < 4.78 is 0. The summed E-state index contributed by atoms with van der Waals surface area (Å²) in [6.07, 6.45) is 3.29. The van der Waals surface area contributed by atoms with Crippen molar-refractivity contribution in [3.05, 3.63) is 41.7 Å². The largest absolute Gasteiger partial charge is 0.507 e. The molecule has 1 heterocycles. The number of H-pyrrole nitrogens is 1. The molecule has 110 valence electrons. The Hall–Kier alpha value is -3.03. The van der Waals surface area contributed by atoms with Crippen molar-refractivity contribution in [1.29, 1.82) is 0 Å². The summed E-state index contributed by atoms with van der Waals surface area (Å²) in [6.45, 7) is 0.363. The summed E-state index contributed by atoms with van der Waals surface area (Å²) in [5, 5.41) is 27.4. The number of hydrogen-bond donors (Lipinski definition) is 4. The van der Waals surface area contributed by atoms with E-state index >= 15 is 0 Å². The zero-order valence-electron chi connectivity index (χ0n) is 11.2. The van der Waals surface area contributed by atoms with E-state index in [1.807, 2.05) is 0 Å². The van der Waals surface area contributed by atoms with Crippen LogP contribution in [0.15, 0.2) is 30.6 Å². The number of nitrogens with zero attached hydrogens (tertiary/aromatic N) is 2. The fourth-order valence-electron chi connectivity index (χ4n) is 1.72. The van der Waals surface area contributed by atoms with Crippen LogP contribution in [0.3, 0.4) is 0 Å². The Morgan fingerprint density at radius 3 is 2.76 bits per heavy atom. The number of benzene rings is 1. The highest BCUT2D eigenvalue weighted by Gasteiger charge is 2.13. The van der Waals surface area contributed by atoms with Gasteiger partial charge >= 0.3 is 12.0 Å². The number of carboxylic acids is 1. The van der Waals surface area contributed by atoms with E-state index in [1.165, 1.54) is 23.1 Å². The fraction of sp³-hybridized carbons (Fsp3) is 0.154. The Kier molecular flexibility index (Phi) is 4.07. The summed E-state index contributed by atoms with van der Waals surface area (Å²) in [5.74, 6) is -1.64. The molecule has 0 bridgehead atoms. The Balaban J connectivity index is 2.02. The van der Waals surface area contributed by atoms with Gasteiger partial charge in [-0.25, -0.2) is 9.59 Å². The number of aromatic hydroxyl groups is 1. The molecule has 0 spiro atoms. The van der Waals surface area contributed by atoms with Crippen LogP contribution in [-0.2, 0) is 6.54 Å². The molecule has 0 aliphatic rings. The maximum Gasteiger partial charge on any atom is 0.339 e. The Bertz CT molecular complexity index is 654. The predicted molar refractivity (Wildman–Crippen MR) is 74.1 cm³/mol. The standard InChI is InChI=1S/C13H14N4O4/c1-17(7-8-5-14-15-6-8)13(21)16-9-2-3-10(12(19)20)11(18)4-9/h2-6,18H,7H2,1H3,(H,14,15)(H,16,21)(H,19,20). The highest BCUT2D eigenvalue weighted by Crippen LogP contribution is 2.22. The fourth-order valence-corrected chi connectivity index (χ4v) is 1.72. The number of aromatic nitrogens is 2. The van der Waals surface area contributed by atoms with Gasteiger partial charge in [0.1, 0.15) is 11.3 Å². The third kappa shape index (κ3) is 3.50. The first kappa shape index (κ1) is 14.4. The molecule has 8 heteroatoms. The van der Waals surface area contributed by atoms with Gasteiger partial charge in [-0.3, -0.25) is 5.10 Å². The lowest BCUT2D eigenvalue weighted by molar-refractivity contribution is 0.0694. The smallest absolute Gasteiger partial charge is 0.339 e. The van der Waals surface area contributed by atoms with E-state index in [1.54, 1.807) is 19.4 Å². The Morgan fingerprint density at radius 2 is 2.19 bits per heavy atom. The quantitative estimate of drug-likeness (QED) is 0.680. The summed E-state index contributed by atoms with van der Waals surface area (Å²) in [6, 6.07) is 3.43. The molecule has 2 aromatic rings. The van der Waals surface area contributed by atoms with E-state index in [4.69, 9.17) is 5.11 Å². The van der Waals surface area contributed by atoms with Crippen LogP contribution in [0.4, 0.5) is 10.5 Å². The normalized spacial score (nSPS) is 10.1. The molecule has 21 heavy (non-hydrogen) atoms. The van der Waals surface area contributed by atoms with Crippen LogP contribution in [0.2, 0.25) is 0 Å². The highest BCUT2D eigenvalue weighted by molar-refractivity contribution is 5.93. The first-order valence-corrected chi connectivity index (χ1v) is 6.03. The molecule has 1 aromatic carbocycles. The summed E-state index contributed by atoms with van der Waals surface area (Å²) >= 11 is 0. The first-order chi connectivity index (χ1) is 9.97. The number of hydrogen-bond acceptors (Lipinski definition) is 4. The number of carboxylic acid groups (broad SMARTS) is 1. The minimum atomic E-state index is -1.23. The Morgan fingerprint density at radius 1 is 1.43 bits per heavy atom. The van der Waals surface area contributed by atoms with Crippen molar-refractivity contribution in [2.75, 3.05) is 12.4 Å². The molecule has 0 saturated heterocycles. The van der Waals surface area contributed by atoms with Gasteiger partial charge in [-0.1, -0.05) is 0 Å². The maximum atomic E-state index is 12.0. The first-order valence-electron chi connectivity index (χ1n) is 6.03. The van der Waals surface area contributed by atoms with Gasteiger partial charge in [0.15, 0.2) is 0 Å². The average molecular weight is 290 g/mol. The topological polar surface area (TPSA) is 119 Å². The number of urea groups is 1. The highest BCUT2D eigenvalue weighted by atomic mass is 16.4. The van der Waals surface area contributed by atoms with Gasteiger partial charge in [0.2, 0.25) is 0 Å². The monoisotopic (exact) mass is 290 g/mol. The maximum absolute atomic E-state index is 12.0. The minimum Gasteiger partial charge on any atom is -0.507 e. The van der Waals surface area contributed by atoms with E-state index in [-0.39, 0.29) is 5.56 Å². The number of amides is 2. The molecule has 0 saturated carbocycles. The second kappa shape index (κ2) is 5.95. The van der Waals surface area contributed by atoms with Gasteiger partial charge in [-0.05, 0) is 12.1 Å². The molecule has 0 unspecified atom stereocenters. The van der Waals surface area contributed by atoms with Gasteiger partial charge in [-0.2, -0.15) is 5.10 Å². The number of aromatic carboxylic acids is 1. The third-order valence-electron chi connectivity index (χ3n) is 2.80. The van der Waals surface area contributed by atoms with Crippen LogP contribution in [-0.4, -0.2) is 44.4 Å². The molecule has 8 nitrogen and oxygen atoms in total. The van der Waals surface area contributed by atoms with Gasteiger partial charge in [0, 0.05) is 30.6 Å². The van der Waals surface area contributed by atoms with Crippen LogP contribution in [0.5, 0.6) is 5.75 Å². The average Bonchev–Trinajstić information content (AvgIpc) is 2.91. The van der Waals surface area contributed by atoms with Crippen LogP contribution < -0.4 is 5.32 Å². The van der Waals surface area contributed by atoms with Crippen molar-refractivity contribution in [3.8, 4) is 5.75 Å². The number of phenols is 1. The molecular weight excluding hydrogens is 276 g/mol. The number of carbonyl (C=O) groups excluding carboxylic acids is 1. The summed E-state index contributed by atoms with van der Waals surface area (Å²) in [5.41, 5.74) is 0.929. The number of carbonyl (C=O) groups is 2. The molecule has 0 atom stereocenters. The van der Waals surface area contributed by atoms with Crippen LogP contribution >= 0.6 is 0 Å². The van der Waals surface area contributed by atoms with E-state index in [9.17, 15) is 14.7 Å². The molecule has 4 N–H and O–H groups in total. The van der Waals surface area contributed by atoms with Crippen molar-refractivity contribution >= 4 is 17.7 Å². The lowest BCUT2D eigenvalue weighted by Crippen LogP contribution is -2.30. The van der Waals surface area contributed by atoms with Crippen molar-refractivity contribution in [2.24, 2.45) is 0 Å². The van der Waals surface area contributed by atoms with Gasteiger partial charge in [0.05, 0.1) is 12.7 Å². The van der Waals surface area contributed by atoms with Crippen LogP contribution in [0, 0.1) is 0 Å². The van der Waals surface area contributed by atoms with E-state index in [2.05, 4.69) is 15.5 Å². The van der Waals surface area contributed by atoms with Crippen molar-refractivity contribution in [2.45, 2.75) is 6.54 Å². The lowest BCUT2D eigenvalue weighted by atomic mass is 10.2. The second-order valence-corrected chi connectivity index (χ2v) is 4.43. The number of anilines is 1. The third-order valence-corrected chi connectivity index (χ3v) is 2.80. The van der Waals surface area contributed by atoms with Crippen LogP contribution in [0.25, 0.3) is 0 Å². The van der Waals surface area contributed by atoms with Crippen molar-refractivity contribution < 1.29 is 19.8 Å². The predicted octanol–water partition coefficient (Wildman–Crippen LogP) is 1.48. The summed E-state index contributed by atoms with van der Waals surface area (Å²) in [7, 11) is 1.60. The SMILES string of the molecule is CN(Cc1cn[nH]c1)C(=O)Nc1ccc(C(=O)O)c(O)c1. The summed E-state index contributed by atoms with van der Waals surface area (Å²) in [4.78, 5) is 24.2. The number of rotatable bonds is 4. The van der Waals surface area contributed by atoms with E-state index in [0.29, 0.717) is 12.2 Å². The molecule has 0 fully saturated rings. The number of aromatic amines is 1. The van der Waals surface area contributed by atoms with Crippen molar-refractivity contribution in [3.63, 3.8) is 0 Å². The number of nitrogens with one attached hydrogen (secondary N) is 2. The van der Waals surface area contributed by atoms with Gasteiger partial charge in [-0.15, -0.1) is 0 Å². The molecule has 0 aliphatic carbocycles. The second-order valence-electron chi connectivity index (χ2n) is 4.43. The van der Waals surface area contributed by atoms with E-state index < -0.39 is 17.7 Å². The minimum absolute atomic E-state index is 0.222. The van der Waals surface area contributed by atoms with Crippen LogP contribution in [0.1, 0.15) is 15.9 Å². The Labute approximate surface area is 120 Å². The molecular formula is C13H14N4O4. The van der Waals surface area contributed by atoms with Crippen molar-refractivity contribution in [1.82, 2.24) is 15.1 Å². The van der Waals surface area contributed by atoms with Gasteiger partial charge < -0.3 is 20.4 Å². The lowest BCUT2D eigenvalue weighted by Gasteiger charge is -2.17. The van der Waals surface area contributed by atoms with E-state index in [0.717, 1.165) is 5.56 Å². The molecule has 0 radical (unpaired) electrons. The molecule has 0 aliphatic heterocycles. The molecule has 2 amide bonds. The molecule has 2 rings (SSSR count). The molecule has 1 aromatic heterocycles. The van der Waals surface area contributed by atoms with Gasteiger partial charge in [0.25, 0.3) is 0 Å².